The maximum Gasteiger partial charge on any atom is 0.319 e. The Morgan fingerprint density at radius 3 is 2.46 bits per heavy atom. The summed E-state index contributed by atoms with van der Waals surface area (Å²) in [5, 5.41) is 14.6. The number of carbonyl (C=O) groups excluding carboxylic acids is 1. The molecular formula is C17H22FN3O3. The van der Waals surface area contributed by atoms with Gasteiger partial charge in [-0.3, -0.25) is 9.69 Å². The zero-order valence-corrected chi connectivity index (χ0v) is 13.4. The lowest BCUT2D eigenvalue weighted by Crippen LogP contribution is -2.55. The second kappa shape index (κ2) is 7.17. The number of hydrogen-bond acceptors (Lipinski definition) is 3. The van der Waals surface area contributed by atoms with E-state index in [0.29, 0.717) is 11.6 Å². The van der Waals surface area contributed by atoms with Gasteiger partial charge in [0.15, 0.2) is 0 Å². The van der Waals surface area contributed by atoms with E-state index in [4.69, 9.17) is 5.11 Å². The number of aliphatic carboxylic acids is 1. The monoisotopic (exact) mass is 335 g/mol. The van der Waals surface area contributed by atoms with E-state index < -0.39 is 5.97 Å². The average molecular weight is 335 g/mol. The summed E-state index contributed by atoms with van der Waals surface area (Å²) in [6, 6.07) is 5.53. The molecular weight excluding hydrogens is 313 g/mol. The van der Waals surface area contributed by atoms with E-state index in [-0.39, 0.29) is 30.5 Å². The van der Waals surface area contributed by atoms with Gasteiger partial charge in [0.1, 0.15) is 5.82 Å². The molecule has 2 saturated carbocycles. The topological polar surface area (TPSA) is 81.7 Å². The van der Waals surface area contributed by atoms with Gasteiger partial charge < -0.3 is 15.7 Å². The molecule has 1 aromatic rings. The van der Waals surface area contributed by atoms with E-state index in [1.807, 2.05) is 4.90 Å². The fraction of sp³-hybridized carbons (Fsp3) is 0.529. The standard InChI is InChI=1S/C17H22FN3O3/c18-12-3-5-13(6-4-12)19-17(24)20-14-7-15(8-14)21(10-16(22)23)9-11-1-2-11/h3-6,11,14-15H,1-2,7-10H2,(H,22,23)(H2,19,20,24). The number of carbonyl (C=O) groups is 2. The van der Waals surface area contributed by atoms with Gasteiger partial charge in [0.25, 0.3) is 0 Å². The van der Waals surface area contributed by atoms with Crippen LogP contribution in [-0.2, 0) is 4.79 Å². The minimum absolute atomic E-state index is 0.0472. The molecule has 0 unspecified atom stereocenters. The highest BCUT2D eigenvalue weighted by Gasteiger charge is 2.37. The van der Waals surface area contributed by atoms with E-state index >= 15 is 0 Å². The van der Waals surface area contributed by atoms with Crippen LogP contribution < -0.4 is 10.6 Å². The minimum Gasteiger partial charge on any atom is -0.480 e. The van der Waals surface area contributed by atoms with E-state index in [0.717, 1.165) is 19.4 Å². The van der Waals surface area contributed by atoms with E-state index in [1.54, 1.807) is 0 Å². The van der Waals surface area contributed by atoms with Gasteiger partial charge in [-0.25, -0.2) is 9.18 Å². The van der Waals surface area contributed by atoms with Gasteiger partial charge in [0.2, 0.25) is 0 Å². The molecule has 2 amide bonds. The molecule has 0 aromatic heterocycles. The largest absolute Gasteiger partial charge is 0.480 e. The number of nitrogens with one attached hydrogen (secondary N) is 2. The lowest BCUT2D eigenvalue weighted by atomic mass is 9.85. The van der Waals surface area contributed by atoms with Crippen LogP contribution in [0.15, 0.2) is 24.3 Å². The molecule has 3 N–H and O–H groups in total. The SMILES string of the molecule is O=C(O)CN(CC1CC1)C1CC(NC(=O)Nc2ccc(F)cc2)C1. The molecule has 0 heterocycles. The number of urea groups is 1. The minimum atomic E-state index is -0.805. The molecule has 2 fully saturated rings. The van der Waals surface area contributed by atoms with Gasteiger partial charge >= 0.3 is 12.0 Å². The average Bonchev–Trinajstić information content (AvgIpc) is 3.28. The molecule has 0 spiro atoms. The summed E-state index contributed by atoms with van der Waals surface area (Å²) in [5.74, 6) is -0.517. The summed E-state index contributed by atoms with van der Waals surface area (Å²) in [7, 11) is 0. The highest BCUT2D eigenvalue weighted by atomic mass is 19.1. The van der Waals surface area contributed by atoms with Crippen LogP contribution in [0, 0.1) is 11.7 Å². The molecule has 0 aliphatic heterocycles. The van der Waals surface area contributed by atoms with Crippen molar-refractivity contribution in [3.63, 3.8) is 0 Å². The first-order valence-corrected chi connectivity index (χ1v) is 8.28. The van der Waals surface area contributed by atoms with Crippen molar-refractivity contribution in [2.75, 3.05) is 18.4 Å². The Hall–Kier alpha value is -2.15. The molecule has 7 heteroatoms. The van der Waals surface area contributed by atoms with Gasteiger partial charge in [-0.2, -0.15) is 0 Å². The van der Waals surface area contributed by atoms with Crippen molar-refractivity contribution in [1.29, 1.82) is 0 Å². The summed E-state index contributed by atoms with van der Waals surface area (Å²) in [6.07, 6.45) is 3.89. The van der Waals surface area contributed by atoms with Crippen molar-refractivity contribution in [3.05, 3.63) is 30.1 Å². The zero-order valence-electron chi connectivity index (χ0n) is 13.4. The number of anilines is 1. The molecule has 0 saturated heterocycles. The van der Waals surface area contributed by atoms with Gasteiger partial charge in [-0.15, -0.1) is 0 Å². The van der Waals surface area contributed by atoms with Crippen LogP contribution in [0.5, 0.6) is 0 Å². The van der Waals surface area contributed by atoms with Gasteiger partial charge in [0, 0.05) is 24.3 Å². The summed E-state index contributed by atoms with van der Waals surface area (Å²) in [4.78, 5) is 24.9. The van der Waals surface area contributed by atoms with Crippen molar-refractivity contribution >= 4 is 17.7 Å². The second-order valence-electron chi connectivity index (χ2n) is 6.69. The van der Waals surface area contributed by atoms with Crippen LogP contribution in [0.25, 0.3) is 0 Å². The van der Waals surface area contributed by atoms with Crippen LogP contribution in [0.2, 0.25) is 0 Å². The Labute approximate surface area is 140 Å². The third-order valence-corrected chi connectivity index (χ3v) is 4.59. The van der Waals surface area contributed by atoms with Crippen LogP contribution in [0.4, 0.5) is 14.9 Å². The van der Waals surface area contributed by atoms with Crippen LogP contribution in [0.3, 0.4) is 0 Å². The Bertz CT molecular complexity index is 598. The fourth-order valence-electron chi connectivity index (χ4n) is 3.04. The Morgan fingerprint density at radius 1 is 1.21 bits per heavy atom. The smallest absolute Gasteiger partial charge is 0.319 e. The molecule has 24 heavy (non-hydrogen) atoms. The Balaban J connectivity index is 1.42. The second-order valence-corrected chi connectivity index (χ2v) is 6.69. The maximum atomic E-state index is 12.8. The highest BCUT2D eigenvalue weighted by molar-refractivity contribution is 5.89. The number of benzene rings is 1. The van der Waals surface area contributed by atoms with Crippen molar-refractivity contribution < 1.29 is 19.1 Å². The lowest BCUT2D eigenvalue weighted by molar-refractivity contribution is -0.139. The highest BCUT2D eigenvalue weighted by Crippen LogP contribution is 2.33. The third-order valence-electron chi connectivity index (χ3n) is 4.59. The first-order chi connectivity index (χ1) is 11.5. The number of halogens is 1. The molecule has 0 atom stereocenters. The fourth-order valence-corrected chi connectivity index (χ4v) is 3.04. The van der Waals surface area contributed by atoms with E-state index in [1.165, 1.54) is 37.1 Å². The van der Waals surface area contributed by atoms with Gasteiger partial charge in [0.05, 0.1) is 6.54 Å². The van der Waals surface area contributed by atoms with Crippen LogP contribution in [0.1, 0.15) is 25.7 Å². The van der Waals surface area contributed by atoms with Crippen molar-refractivity contribution in [2.45, 2.75) is 37.8 Å². The summed E-state index contributed by atoms with van der Waals surface area (Å²) >= 11 is 0. The normalized spacial score (nSPS) is 22.8. The number of hydrogen-bond donors (Lipinski definition) is 3. The first-order valence-electron chi connectivity index (χ1n) is 8.28. The van der Waals surface area contributed by atoms with Gasteiger partial charge in [-0.05, 0) is 55.9 Å². The Kier molecular flexibility index (Phi) is 4.99. The molecule has 3 rings (SSSR count). The van der Waals surface area contributed by atoms with Crippen molar-refractivity contribution in [3.8, 4) is 0 Å². The Morgan fingerprint density at radius 2 is 1.88 bits per heavy atom. The van der Waals surface area contributed by atoms with Crippen molar-refractivity contribution in [2.24, 2.45) is 5.92 Å². The molecule has 1 aromatic carbocycles. The number of nitrogens with zero attached hydrogens (tertiary/aromatic N) is 1. The predicted molar refractivity (Wildman–Crippen MR) is 87.3 cm³/mol. The third kappa shape index (κ3) is 4.67. The molecule has 2 aliphatic rings. The molecule has 6 nitrogen and oxygen atoms in total. The number of carboxylic acid groups (broad SMARTS) is 1. The summed E-state index contributed by atoms with van der Waals surface area (Å²) < 4.78 is 12.8. The lowest BCUT2D eigenvalue weighted by Gasteiger charge is -2.42. The molecule has 2 aliphatic carbocycles. The number of amides is 2. The van der Waals surface area contributed by atoms with Crippen LogP contribution >= 0.6 is 0 Å². The van der Waals surface area contributed by atoms with Crippen LogP contribution in [-0.4, -0.2) is 47.2 Å². The molecule has 130 valence electrons. The summed E-state index contributed by atoms with van der Waals surface area (Å²) in [5.41, 5.74) is 0.533. The summed E-state index contributed by atoms with van der Waals surface area (Å²) in [6.45, 7) is 0.904. The zero-order chi connectivity index (χ0) is 17.1. The van der Waals surface area contributed by atoms with E-state index in [2.05, 4.69) is 10.6 Å². The molecule has 0 bridgehead atoms. The molecule has 0 radical (unpaired) electrons. The van der Waals surface area contributed by atoms with E-state index in [9.17, 15) is 14.0 Å². The number of rotatable bonds is 7. The van der Waals surface area contributed by atoms with Crippen molar-refractivity contribution in [1.82, 2.24) is 10.2 Å². The maximum absolute atomic E-state index is 12.8. The quantitative estimate of drug-likeness (QED) is 0.714. The predicted octanol–water partition coefficient (Wildman–Crippen LogP) is 2.27. The number of carboxylic acids is 1. The van der Waals surface area contributed by atoms with Gasteiger partial charge in [-0.1, -0.05) is 0 Å². The first kappa shape index (κ1) is 16.7.